The number of carbonyl (C=O) groups is 1. The van der Waals surface area contributed by atoms with Crippen molar-refractivity contribution in [3.63, 3.8) is 0 Å². The van der Waals surface area contributed by atoms with Gasteiger partial charge in [-0.05, 0) is 43.3 Å². The Morgan fingerprint density at radius 1 is 1.29 bits per heavy atom. The lowest BCUT2D eigenvalue weighted by Crippen LogP contribution is -2.31. The fourth-order valence-corrected chi connectivity index (χ4v) is 2.30. The van der Waals surface area contributed by atoms with Crippen LogP contribution >= 0.6 is 0 Å². The van der Waals surface area contributed by atoms with Crippen molar-refractivity contribution >= 4 is 16.9 Å². The van der Waals surface area contributed by atoms with Crippen LogP contribution < -0.4 is 10.1 Å². The first-order valence-electron chi connectivity index (χ1n) is 7.52. The topological polar surface area (TPSA) is 90.8 Å². The molecule has 0 saturated heterocycles. The molecular formula is C18H16N4O2. The van der Waals surface area contributed by atoms with Crippen molar-refractivity contribution < 1.29 is 9.53 Å². The molecular weight excluding hydrogens is 304 g/mol. The van der Waals surface area contributed by atoms with Crippen LogP contribution in [0.15, 0.2) is 48.5 Å². The van der Waals surface area contributed by atoms with E-state index < -0.39 is 0 Å². The fraction of sp³-hybridized carbons (Fsp3) is 0.167. The smallest absolute Gasteiger partial charge is 0.258 e. The monoisotopic (exact) mass is 320 g/mol. The number of rotatable bonds is 5. The highest BCUT2D eigenvalue weighted by Crippen LogP contribution is 2.15. The Kier molecular flexibility index (Phi) is 4.43. The van der Waals surface area contributed by atoms with Crippen molar-refractivity contribution in [2.24, 2.45) is 0 Å². The number of aromatic nitrogens is 2. The van der Waals surface area contributed by atoms with Gasteiger partial charge in [0.2, 0.25) is 0 Å². The number of nitrogens with one attached hydrogen (secondary N) is 2. The largest absolute Gasteiger partial charge is 0.484 e. The van der Waals surface area contributed by atoms with E-state index in [4.69, 9.17) is 10.00 Å². The maximum absolute atomic E-state index is 12.0. The molecule has 2 aromatic carbocycles. The first kappa shape index (κ1) is 15.6. The van der Waals surface area contributed by atoms with E-state index in [0.717, 1.165) is 11.0 Å². The van der Waals surface area contributed by atoms with Gasteiger partial charge in [0.25, 0.3) is 5.91 Å². The molecule has 1 unspecified atom stereocenters. The highest BCUT2D eigenvalue weighted by molar-refractivity contribution is 5.78. The van der Waals surface area contributed by atoms with Crippen molar-refractivity contribution in [3.8, 4) is 11.8 Å². The van der Waals surface area contributed by atoms with Gasteiger partial charge in [0.15, 0.2) is 6.61 Å². The molecule has 0 aliphatic rings. The number of nitrogens with zero attached hydrogens (tertiary/aromatic N) is 2. The third-order valence-corrected chi connectivity index (χ3v) is 3.55. The van der Waals surface area contributed by atoms with Gasteiger partial charge in [-0.25, -0.2) is 4.98 Å². The average Bonchev–Trinajstić information content (AvgIpc) is 3.05. The minimum Gasteiger partial charge on any atom is -0.484 e. The molecule has 0 fully saturated rings. The maximum Gasteiger partial charge on any atom is 0.258 e. The number of para-hydroxylation sites is 2. The summed E-state index contributed by atoms with van der Waals surface area (Å²) >= 11 is 0. The Bertz CT molecular complexity index is 860. The minimum atomic E-state index is -0.255. The van der Waals surface area contributed by atoms with Gasteiger partial charge < -0.3 is 15.0 Å². The molecule has 3 aromatic rings. The number of H-pyrrole nitrogens is 1. The predicted molar refractivity (Wildman–Crippen MR) is 89.3 cm³/mol. The van der Waals surface area contributed by atoms with Crippen LogP contribution in [0.4, 0.5) is 0 Å². The van der Waals surface area contributed by atoms with Gasteiger partial charge in [0.1, 0.15) is 11.6 Å². The molecule has 0 saturated carbocycles. The van der Waals surface area contributed by atoms with Gasteiger partial charge in [-0.15, -0.1) is 0 Å². The SMILES string of the molecule is CC(NC(=O)COc1ccc(C#N)cc1)c1nc2ccccc2[nH]1. The van der Waals surface area contributed by atoms with Crippen LogP contribution in [0, 0.1) is 11.3 Å². The molecule has 6 heteroatoms. The number of carbonyl (C=O) groups excluding carboxylic acids is 1. The number of fused-ring (bicyclic) bond motifs is 1. The summed E-state index contributed by atoms with van der Waals surface area (Å²) < 4.78 is 5.41. The second-order valence-electron chi connectivity index (χ2n) is 5.35. The van der Waals surface area contributed by atoms with E-state index in [1.165, 1.54) is 0 Å². The Balaban J connectivity index is 1.56. The van der Waals surface area contributed by atoms with E-state index in [1.807, 2.05) is 37.3 Å². The number of amides is 1. The average molecular weight is 320 g/mol. The quantitative estimate of drug-likeness (QED) is 0.756. The number of hydrogen-bond acceptors (Lipinski definition) is 4. The minimum absolute atomic E-state index is 0.101. The number of benzene rings is 2. The number of imidazole rings is 1. The second-order valence-corrected chi connectivity index (χ2v) is 5.35. The van der Waals surface area contributed by atoms with Crippen LogP contribution in [0.1, 0.15) is 24.4 Å². The molecule has 2 N–H and O–H groups in total. The summed E-state index contributed by atoms with van der Waals surface area (Å²) in [5.74, 6) is 0.996. The fourth-order valence-electron chi connectivity index (χ4n) is 2.30. The van der Waals surface area contributed by atoms with Gasteiger partial charge in [0, 0.05) is 0 Å². The first-order chi connectivity index (χ1) is 11.7. The van der Waals surface area contributed by atoms with Crippen LogP contribution in [-0.2, 0) is 4.79 Å². The second kappa shape index (κ2) is 6.84. The summed E-state index contributed by atoms with van der Waals surface area (Å²) in [5.41, 5.74) is 2.34. The molecule has 120 valence electrons. The maximum atomic E-state index is 12.0. The van der Waals surface area contributed by atoms with Gasteiger partial charge in [-0.2, -0.15) is 5.26 Å². The lowest BCUT2D eigenvalue weighted by Gasteiger charge is -2.12. The molecule has 24 heavy (non-hydrogen) atoms. The van der Waals surface area contributed by atoms with Gasteiger partial charge in [-0.3, -0.25) is 4.79 Å². The third-order valence-electron chi connectivity index (χ3n) is 3.55. The molecule has 0 aliphatic carbocycles. The van der Waals surface area contributed by atoms with E-state index in [-0.39, 0.29) is 18.6 Å². The van der Waals surface area contributed by atoms with E-state index in [1.54, 1.807) is 24.3 Å². The molecule has 0 spiro atoms. The normalized spacial score (nSPS) is 11.7. The van der Waals surface area contributed by atoms with Crippen molar-refractivity contribution in [2.45, 2.75) is 13.0 Å². The molecule has 0 bridgehead atoms. The summed E-state index contributed by atoms with van der Waals surface area (Å²) in [7, 11) is 0. The summed E-state index contributed by atoms with van der Waals surface area (Å²) in [4.78, 5) is 19.7. The van der Waals surface area contributed by atoms with Crippen LogP contribution in [-0.4, -0.2) is 22.5 Å². The molecule has 1 atom stereocenters. The summed E-state index contributed by atoms with van der Waals surface area (Å²) in [5, 5.41) is 11.6. The highest BCUT2D eigenvalue weighted by atomic mass is 16.5. The van der Waals surface area contributed by atoms with Crippen molar-refractivity contribution in [2.75, 3.05) is 6.61 Å². The van der Waals surface area contributed by atoms with Crippen LogP contribution in [0.5, 0.6) is 5.75 Å². The Morgan fingerprint density at radius 3 is 2.75 bits per heavy atom. The van der Waals surface area contributed by atoms with Crippen LogP contribution in [0.3, 0.4) is 0 Å². The predicted octanol–water partition coefficient (Wildman–Crippen LogP) is 2.69. The summed E-state index contributed by atoms with van der Waals surface area (Å²) in [6.45, 7) is 1.76. The van der Waals surface area contributed by atoms with Crippen LogP contribution in [0.2, 0.25) is 0 Å². The molecule has 1 heterocycles. The van der Waals surface area contributed by atoms with Crippen LogP contribution in [0.25, 0.3) is 11.0 Å². The first-order valence-corrected chi connectivity index (χ1v) is 7.52. The van der Waals surface area contributed by atoms with E-state index in [2.05, 4.69) is 15.3 Å². The zero-order valence-electron chi connectivity index (χ0n) is 13.1. The van der Waals surface area contributed by atoms with Gasteiger partial charge >= 0.3 is 0 Å². The van der Waals surface area contributed by atoms with E-state index in [9.17, 15) is 4.79 Å². The number of nitriles is 1. The zero-order chi connectivity index (χ0) is 16.9. The molecule has 3 rings (SSSR count). The van der Waals surface area contributed by atoms with Crippen molar-refractivity contribution in [3.05, 3.63) is 59.9 Å². The molecule has 6 nitrogen and oxygen atoms in total. The van der Waals surface area contributed by atoms with Crippen molar-refractivity contribution in [1.29, 1.82) is 5.26 Å². The lowest BCUT2D eigenvalue weighted by molar-refractivity contribution is -0.123. The van der Waals surface area contributed by atoms with E-state index >= 15 is 0 Å². The zero-order valence-corrected chi connectivity index (χ0v) is 13.1. The molecule has 0 radical (unpaired) electrons. The van der Waals surface area contributed by atoms with E-state index in [0.29, 0.717) is 17.1 Å². The molecule has 1 aromatic heterocycles. The highest BCUT2D eigenvalue weighted by Gasteiger charge is 2.13. The number of aromatic amines is 1. The molecule has 0 aliphatic heterocycles. The Labute approximate surface area is 139 Å². The van der Waals surface area contributed by atoms with Gasteiger partial charge in [-0.1, -0.05) is 12.1 Å². The third kappa shape index (κ3) is 3.52. The number of hydrogen-bond donors (Lipinski definition) is 2. The van der Waals surface area contributed by atoms with Gasteiger partial charge in [0.05, 0.1) is 28.7 Å². The molecule has 1 amide bonds. The summed E-state index contributed by atoms with van der Waals surface area (Å²) in [6, 6.07) is 16.1. The summed E-state index contributed by atoms with van der Waals surface area (Å²) in [6.07, 6.45) is 0. The standard InChI is InChI=1S/C18H16N4O2/c1-12(18-21-15-4-2-3-5-16(15)22-18)20-17(23)11-24-14-8-6-13(10-19)7-9-14/h2-9,12H,11H2,1H3,(H,20,23)(H,21,22). The number of ether oxygens (including phenoxy) is 1. The Hall–Kier alpha value is -3.33. The van der Waals surface area contributed by atoms with Crippen molar-refractivity contribution in [1.82, 2.24) is 15.3 Å². The lowest BCUT2D eigenvalue weighted by atomic mass is 10.2. The Morgan fingerprint density at radius 2 is 2.04 bits per heavy atom.